The minimum atomic E-state index is -0.379. The second-order valence-electron chi connectivity index (χ2n) is 10.3. The highest BCUT2D eigenvalue weighted by molar-refractivity contribution is 5.82. The number of carbonyl (C=O) groups excluding carboxylic acids is 2. The summed E-state index contributed by atoms with van der Waals surface area (Å²) in [6.07, 6.45) is 2.69. The van der Waals surface area contributed by atoms with Gasteiger partial charge in [0.15, 0.2) is 0 Å². The fraction of sp³-hybridized carbons (Fsp3) is 0.278. The Morgan fingerprint density at radius 1 is 0.575 bits per heavy atom. The molecule has 5 rings (SSSR count). The lowest BCUT2D eigenvalue weighted by Crippen LogP contribution is -2.30. The van der Waals surface area contributed by atoms with Crippen molar-refractivity contribution in [1.82, 2.24) is 0 Å². The first kappa shape index (κ1) is 27.4. The standard InChI is InChI=1S/C36H36O4/c1-3-39-34(37)22-21-26-13-5-7-15-28(26)29-16-8-6-14-27(29)25-36(24-23-35(38)40-4-2)32-19-11-9-17-30(32)31-18-10-12-20-33(31)36/h5-20H,3-4,21-25H2,1-2H3. The van der Waals surface area contributed by atoms with Gasteiger partial charge in [-0.25, -0.2) is 0 Å². The van der Waals surface area contributed by atoms with Crippen LogP contribution in [-0.2, 0) is 37.3 Å². The van der Waals surface area contributed by atoms with Gasteiger partial charge in [0.25, 0.3) is 0 Å². The first-order valence-electron chi connectivity index (χ1n) is 14.2. The molecule has 0 fully saturated rings. The maximum absolute atomic E-state index is 12.7. The van der Waals surface area contributed by atoms with Crippen molar-refractivity contribution < 1.29 is 19.1 Å². The van der Waals surface area contributed by atoms with Crippen LogP contribution in [0.1, 0.15) is 55.4 Å². The van der Waals surface area contributed by atoms with Gasteiger partial charge in [0.05, 0.1) is 13.2 Å². The number of hydrogen-bond donors (Lipinski definition) is 0. The average molecular weight is 533 g/mol. The Morgan fingerprint density at radius 3 is 1.60 bits per heavy atom. The van der Waals surface area contributed by atoms with Gasteiger partial charge in [-0.2, -0.15) is 0 Å². The SMILES string of the molecule is CCOC(=O)CCc1ccccc1-c1ccccc1CC1(CCC(=O)OCC)c2ccccc2-c2ccccc21. The smallest absolute Gasteiger partial charge is 0.306 e. The van der Waals surface area contributed by atoms with Crippen molar-refractivity contribution in [2.75, 3.05) is 13.2 Å². The van der Waals surface area contributed by atoms with Crippen LogP contribution >= 0.6 is 0 Å². The Kier molecular flexibility index (Phi) is 8.45. The Labute approximate surface area is 237 Å². The van der Waals surface area contributed by atoms with Gasteiger partial charge < -0.3 is 9.47 Å². The van der Waals surface area contributed by atoms with E-state index >= 15 is 0 Å². The molecule has 0 spiro atoms. The minimum Gasteiger partial charge on any atom is -0.466 e. The van der Waals surface area contributed by atoms with Crippen molar-refractivity contribution in [1.29, 1.82) is 0 Å². The van der Waals surface area contributed by atoms with E-state index in [0.717, 1.165) is 23.1 Å². The summed E-state index contributed by atoms with van der Waals surface area (Å²) in [5.41, 5.74) is 9.20. The fourth-order valence-electron chi connectivity index (χ4n) is 6.25. The molecule has 0 aliphatic heterocycles. The van der Waals surface area contributed by atoms with Gasteiger partial charge in [0, 0.05) is 18.3 Å². The van der Waals surface area contributed by atoms with E-state index in [1.54, 1.807) is 0 Å². The van der Waals surface area contributed by atoms with Gasteiger partial charge in [-0.1, -0.05) is 97.1 Å². The summed E-state index contributed by atoms with van der Waals surface area (Å²) in [7, 11) is 0. The van der Waals surface area contributed by atoms with Crippen molar-refractivity contribution >= 4 is 11.9 Å². The molecule has 204 valence electrons. The summed E-state index contributed by atoms with van der Waals surface area (Å²) in [6, 6.07) is 34.0. The number of carbonyl (C=O) groups is 2. The lowest BCUT2D eigenvalue weighted by atomic mass is 9.69. The van der Waals surface area contributed by atoms with E-state index in [-0.39, 0.29) is 17.4 Å². The van der Waals surface area contributed by atoms with E-state index in [4.69, 9.17) is 9.47 Å². The van der Waals surface area contributed by atoms with Crippen molar-refractivity contribution in [3.05, 3.63) is 119 Å². The van der Waals surface area contributed by atoms with Crippen molar-refractivity contribution in [2.24, 2.45) is 0 Å². The van der Waals surface area contributed by atoms with Crippen molar-refractivity contribution in [2.45, 2.75) is 51.4 Å². The number of esters is 2. The molecular weight excluding hydrogens is 496 g/mol. The number of aryl methyl sites for hydroxylation is 1. The largest absolute Gasteiger partial charge is 0.466 e. The summed E-state index contributed by atoms with van der Waals surface area (Å²) < 4.78 is 10.6. The zero-order valence-electron chi connectivity index (χ0n) is 23.3. The molecule has 0 aromatic heterocycles. The van der Waals surface area contributed by atoms with Gasteiger partial charge in [-0.3, -0.25) is 9.59 Å². The van der Waals surface area contributed by atoms with E-state index in [1.807, 2.05) is 19.9 Å². The van der Waals surface area contributed by atoms with Crippen LogP contribution < -0.4 is 0 Å². The molecule has 0 bridgehead atoms. The molecule has 0 heterocycles. The lowest BCUT2D eigenvalue weighted by Gasteiger charge is -2.33. The Balaban J connectivity index is 1.59. The lowest BCUT2D eigenvalue weighted by molar-refractivity contribution is -0.144. The monoisotopic (exact) mass is 532 g/mol. The van der Waals surface area contributed by atoms with Crippen LogP contribution in [0.5, 0.6) is 0 Å². The fourth-order valence-corrected chi connectivity index (χ4v) is 6.25. The molecule has 0 unspecified atom stereocenters. The van der Waals surface area contributed by atoms with Gasteiger partial charge in [0.2, 0.25) is 0 Å². The van der Waals surface area contributed by atoms with Crippen LogP contribution in [0.2, 0.25) is 0 Å². The molecule has 0 radical (unpaired) electrons. The zero-order valence-corrected chi connectivity index (χ0v) is 23.3. The predicted molar refractivity (Wildman–Crippen MR) is 159 cm³/mol. The second-order valence-corrected chi connectivity index (χ2v) is 10.3. The quantitative estimate of drug-likeness (QED) is 0.186. The van der Waals surface area contributed by atoms with Crippen molar-refractivity contribution in [3.8, 4) is 22.3 Å². The molecule has 0 amide bonds. The van der Waals surface area contributed by atoms with Crippen molar-refractivity contribution in [3.63, 3.8) is 0 Å². The summed E-state index contributed by atoms with van der Waals surface area (Å²) >= 11 is 0. The maximum atomic E-state index is 12.7. The second kappa shape index (κ2) is 12.3. The van der Waals surface area contributed by atoms with Crippen LogP contribution in [0.25, 0.3) is 22.3 Å². The Bertz CT molecular complexity index is 1460. The summed E-state index contributed by atoms with van der Waals surface area (Å²) in [5.74, 6) is -0.344. The number of fused-ring (bicyclic) bond motifs is 3. The van der Waals surface area contributed by atoms with Gasteiger partial charge in [-0.15, -0.1) is 0 Å². The van der Waals surface area contributed by atoms with E-state index < -0.39 is 0 Å². The molecule has 40 heavy (non-hydrogen) atoms. The molecule has 1 aliphatic rings. The maximum Gasteiger partial charge on any atom is 0.306 e. The van der Waals surface area contributed by atoms with Gasteiger partial charge in [-0.05, 0) is 77.6 Å². The van der Waals surface area contributed by atoms with E-state index in [2.05, 4.69) is 91.0 Å². The summed E-state index contributed by atoms with van der Waals surface area (Å²) in [4.78, 5) is 24.8. The van der Waals surface area contributed by atoms with Crippen LogP contribution in [0, 0.1) is 0 Å². The third-order valence-corrected chi connectivity index (χ3v) is 7.96. The minimum absolute atomic E-state index is 0.165. The Morgan fingerprint density at radius 2 is 1.02 bits per heavy atom. The van der Waals surface area contributed by atoms with Crippen LogP contribution in [0.15, 0.2) is 97.1 Å². The van der Waals surface area contributed by atoms with E-state index in [9.17, 15) is 9.59 Å². The highest BCUT2D eigenvalue weighted by Gasteiger charge is 2.43. The van der Waals surface area contributed by atoms with Gasteiger partial charge >= 0.3 is 11.9 Å². The van der Waals surface area contributed by atoms with Gasteiger partial charge in [0.1, 0.15) is 0 Å². The molecule has 4 aromatic rings. The summed E-state index contributed by atoms with van der Waals surface area (Å²) in [6.45, 7) is 4.45. The van der Waals surface area contributed by atoms with Crippen LogP contribution in [0.4, 0.5) is 0 Å². The normalized spacial score (nSPS) is 12.8. The predicted octanol–water partition coefficient (Wildman–Crippen LogP) is 7.70. The topological polar surface area (TPSA) is 52.6 Å². The molecule has 0 saturated carbocycles. The first-order chi connectivity index (χ1) is 19.6. The third-order valence-electron chi connectivity index (χ3n) is 7.96. The molecular formula is C36H36O4. The van der Waals surface area contributed by atoms with Crippen LogP contribution in [-0.4, -0.2) is 25.2 Å². The van der Waals surface area contributed by atoms with Crippen LogP contribution in [0.3, 0.4) is 0 Å². The van der Waals surface area contributed by atoms with E-state index in [1.165, 1.54) is 27.8 Å². The highest BCUT2D eigenvalue weighted by Crippen LogP contribution is 2.53. The third kappa shape index (κ3) is 5.44. The number of rotatable bonds is 11. The molecule has 1 aliphatic carbocycles. The number of benzene rings is 4. The highest BCUT2D eigenvalue weighted by atomic mass is 16.5. The molecule has 4 nitrogen and oxygen atoms in total. The number of ether oxygens (including phenoxy) is 2. The number of hydrogen-bond acceptors (Lipinski definition) is 4. The molecule has 4 aromatic carbocycles. The molecule has 4 heteroatoms. The zero-order chi connectivity index (χ0) is 28.0. The first-order valence-corrected chi connectivity index (χ1v) is 14.2. The summed E-state index contributed by atoms with van der Waals surface area (Å²) in [5, 5.41) is 0. The Hall–Kier alpha value is -4.18. The average Bonchev–Trinajstić information content (AvgIpc) is 3.26. The molecule has 0 N–H and O–H groups in total. The van der Waals surface area contributed by atoms with E-state index in [0.29, 0.717) is 38.9 Å². The molecule has 0 atom stereocenters. The molecule has 0 saturated heterocycles.